The van der Waals surface area contributed by atoms with Crippen molar-refractivity contribution in [3.63, 3.8) is 0 Å². The van der Waals surface area contributed by atoms with Crippen molar-refractivity contribution in [3.05, 3.63) is 22.7 Å². The summed E-state index contributed by atoms with van der Waals surface area (Å²) in [5.41, 5.74) is 6.33. The van der Waals surface area contributed by atoms with Gasteiger partial charge < -0.3 is 10.2 Å². The molecule has 0 atom stereocenters. The number of nitrogens with zero attached hydrogens (tertiary/aromatic N) is 2. The minimum absolute atomic E-state index is 0.280. The third-order valence-electron chi connectivity index (χ3n) is 1.68. The van der Waals surface area contributed by atoms with Crippen molar-refractivity contribution >= 4 is 17.0 Å². The van der Waals surface area contributed by atoms with Crippen molar-refractivity contribution < 1.29 is 4.42 Å². The molecule has 2 rings (SSSR count). The SMILES string of the molecule is Cn1c(=O)oc2nc(N)ccc21. The second-order valence-corrected chi connectivity index (χ2v) is 2.49. The van der Waals surface area contributed by atoms with E-state index in [-0.39, 0.29) is 5.71 Å². The Labute approximate surface area is 67.4 Å². The maximum atomic E-state index is 11.0. The van der Waals surface area contributed by atoms with Gasteiger partial charge in [-0.05, 0) is 12.1 Å². The largest absolute Gasteiger partial charge is 0.421 e. The first kappa shape index (κ1) is 6.90. The Hall–Kier alpha value is -1.78. The minimum atomic E-state index is -0.428. The summed E-state index contributed by atoms with van der Waals surface area (Å²) in [7, 11) is 1.62. The summed E-state index contributed by atoms with van der Waals surface area (Å²) in [4.78, 5) is 14.8. The Kier molecular flexibility index (Phi) is 1.21. The van der Waals surface area contributed by atoms with E-state index in [1.807, 2.05) is 0 Å². The lowest BCUT2D eigenvalue weighted by Crippen LogP contribution is -2.08. The van der Waals surface area contributed by atoms with Crippen LogP contribution in [0.5, 0.6) is 0 Å². The lowest BCUT2D eigenvalue weighted by molar-refractivity contribution is 0.520. The van der Waals surface area contributed by atoms with Gasteiger partial charge in [-0.25, -0.2) is 4.79 Å². The van der Waals surface area contributed by atoms with Gasteiger partial charge in [0.2, 0.25) is 0 Å². The van der Waals surface area contributed by atoms with Gasteiger partial charge in [0.1, 0.15) is 11.3 Å². The molecule has 0 aliphatic heterocycles. The molecule has 5 nitrogen and oxygen atoms in total. The highest BCUT2D eigenvalue weighted by molar-refractivity contribution is 5.70. The number of oxazole rings is 1. The minimum Gasteiger partial charge on any atom is -0.388 e. The molecule has 0 saturated carbocycles. The highest BCUT2D eigenvalue weighted by atomic mass is 16.4. The van der Waals surface area contributed by atoms with E-state index >= 15 is 0 Å². The van der Waals surface area contributed by atoms with Gasteiger partial charge in [-0.15, -0.1) is 0 Å². The van der Waals surface area contributed by atoms with E-state index in [1.165, 1.54) is 4.57 Å². The van der Waals surface area contributed by atoms with Gasteiger partial charge in [0, 0.05) is 7.05 Å². The first-order chi connectivity index (χ1) is 5.68. The first-order valence-corrected chi connectivity index (χ1v) is 3.40. The predicted molar refractivity (Wildman–Crippen MR) is 43.7 cm³/mol. The first-order valence-electron chi connectivity index (χ1n) is 3.40. The molecule has 2 aromatic heterocycles. The van der Waals surface area contributed by atoms with E-state index in [1.54, 1.807) is 19.2 Å². The van der Waals surface area contributed by atoms with E-state index < -0.39 is 5.76 Å². The number of aromatic nitrogens is 2. The zero-order chi connectivity index (χ0) is 8.72. The van der Waals surface area contributed by atoms with Crippen molar-refractivity contribution in [1.82, 2.24) is 9.55 Å². The van der Waals surface area contributed by atoms with Crippen LogP contribution >= 0.6 is 0 Å². The molecule has 0 aromatic carbocycles. The zero-order valence-electron chi connectivity index (χ0n) is 6.44. The van der Waals surface area contributed by atoms with E-state index in [0.717, 1.165) is 0 Å². The molecule has 5 heteroatoms. The number of pyridine rings is 1. The molecule has 12 heavy (non-hydrogen) atoms. The predicted octanol–water partition coefficient (Wildman–Crippen LogP) is 0.109. The van der Waals surface area contributed by atoms with Gasteiger partial charge in [-0.2, -0.15) is 4.98 Å². The Morgan fingerprint density at radius 1 is 1.58 bits per heavy atom. The van der Waals surface area contributed by atoms with E-state index in [0.29, 0.717) is 11.3 Å². The van der Waals surface area contributed by atoms with Gasteiger partial charge in [0.05, 0.1) is 0 Å². The Balaban J connectivity index is 2.96. The van der Waals surface area contributed by atoms with Crippen molar-refractivity contribution in [2.45, 2.75) is 0 Å². The van der Waals surface area contributed by atoms with Gasteiger partial charge in [0.25, 0.3) is 5.71 Å². The molecule has 0 aliphatic carbocycles. The molecule has 0 aliphatic rings. The fourth-order valence-electron chi connectivity index (χ4n) is 1.03. The van der Waals surface area contributed by atoms with Crippen LogP contribution in [0.25, 0.3) is 11.2 Å². The van der Waals surface area contributed by atoms with E-state index in [2.05, 4.69) is 4.98 Å². The summed E-state index contributed by atoms with van der Waals surface area (Å²) >= 11 is 0. The number of hydrogen-bond acceptors (Lipinski definition) is 4. The summed E-state index contributed by atoms with van der Waals surface area (Å²) in [5.74, 6) is -0.0834. The Morgan fingerprint density at radius 3 is 3.08 bits per heavy atom. The topological polar surface area (TPSA) is 74.0 Å². The molecule has 0 unspecified atom stereocenters. The van der Waals surface area contributed by atoms with Crippen LogP contribution in [-0.2, 0) is 7.05 Å². The molecule has 0 fully saturated rings. The van der Waals surface area contributed by atoms with Crippen LogP contribution in [0.1, 0.15) is 0 Å². The summed E-state index contributed by atoms with van der Waals surface area (Å²) in [6, 6.07) is 3.32. The van der Waals surface area contributed by atoms with Crippen LogP contribution in [0, 0.1) is 0 Å². The molecule has 0 saturated heterocycles. The molecule has 0 spiro atoms. The normalized spacial score (nSPS) is 10.8. The monoisotopic (exact) mass is 165 g/mol. The highest BCUT2D eigenvalue weighted by Gasteiger charge is 2.05. The molecular weight excluding hydrogens is 158 g/mol. The Bertz CT molecular complexity index is 483. The number of rotatable bonds is 0. The number of nitrogen functional groups attached to an aromatic ring is 1. The quantitative estimate of drug-likeness (QED) is 0.601. The maximum absolute atomic E-state index is 11.0. The Morgan fingerprint density at radius 2 is 2.33 bits per heavy atom. The lowest BCUT2D eigenvalue weighted by atomic mass is 10.4. The van der Waals surface area contributed by atoms with Crippen molar-refractivity contribution in [3.8, 4) is 0 Å². The van der Waals surface area contributed by atoms with Crippen molar-refractivity contribution in [1.29, 1.82) is 0 Å². The second kappa shape index (κ2) is 2.10. The second-order valence-electron chi connectivity index (χ2n) is 2.49. The molecule has 62 valence electrons. The third-order valence-corrected chi connectivity index (χ3v) is 1.68. The molecule has 0 radical (unpaired) electrons. The summed E-state index contributed by atoms with van der Waals surface area (Å²) in [6.45, 7) is 0. The average Bonchev–Trinajstić information content (AvgIpc) is 2.28. The van der Waals surface area contributed by atoms with Crippen LogP contribution in [0.4, 0.5) is 5.82 Å². The molecule has 0 amide bonds. The van der Waals surface area contributed by atoms with Gasteiger partial charge in [-0.1, -0.05) is 0 Å². The average molecular weight is 165 g/mol. The number of nitrogens with two attached hydrogens (primary N) is 1. The van der Waals surface area contributed by atoms with Gasteiger partial charge in [0.15, 0.2) is 0 Å². The molecule has 2 heterocycles. The fourth-order valence-corrected chi connectivity index (χ4v) is 1.03. The van der Waals surface area contributed by atoms with E-state index in [4.69, 9.17) is 10.2 Å². The fraction of sp³-hybridized carbons (Fsp3) is 0.143. The van der Waals surface area contributed by atoms with Gasteiger partial charge in [-0.3, -0.25) is 4.57 Å². The van der Waals surface area contributed by atoms with Crippen molar-refractivity contribution in [2.75, 3.05) is 5.73 Å². The van der Waals surface area contributed by atoms with Crippen LogP contribution in [0.2, 0.25) is 0 Å². The zero-order valence-corrected chi connectivity index (χ0v) is 6.44. The summed E-state index contributed by atoms with van der Waals surface area (Å²) in [6.07, 6.45) is 0. The molecule has 2 N–H and O–H groups in total. The van der Waals surface area contributed by atoms with Crippen LogP contribution in [0.3, 0.4) is 0 Å². The number of anilines is 1. The summed E-state index contributed by atoms with van der Waals surface area (Å²) in [5, 5.41) is 0. The standard InChI is InChI=1S/C7H7N3O2/c1-10-4-2-3-5(8)9-6(4)12-7(10)11/h2-3H,1H3,(H2,8,9). The highest BCUT2D eigenvalue weighted by Crippen LogP contribution is 2.10. The number of hydrogen-bond donors (Lipinski definition) is 1. The van der Waals surface area contributed by atoms with Crippen LogP contribution < -0.4 is 11.5 Å². The molecular formula is C7H7N3O2. The van der Waals surface area contributed by atoms with E-state index in [9.17, 15) is 4.79 Å². The van der Waals surface area contributed by atoms with Crippen LogP contribution in [0.15, 0.2) is 21.3 Å². The molecule has 0 bridgehead atoms. The maximum Gasteiger partial charge on any atom is 0.421 e. The van der Waals surface area contributed by atoms with Crippen molar-refractivity contribution in [2.24, 2.45) is 7.05 Å². The smallest absolute Gasteiger partial charge is 0.388 e. The van der Waals surface area contributed by atoms with Crippen LogP contribution in [-0.4, -0.2) is 9.55 Å². The molecule has 2 aromatic rings. The third kappa shape index (κ3) is 0.795. The summed E-state index contributed by atoms with van der Waals surface area (Å²) < 4.78 is 6.17. The lowest BCUT2D eigenvalue weighted by Gasteiger charge is -1.90. The number of fused-ring (bicyclic) bond motifs is 1. The number of aryl methyl sites for hydroxylation is 1. The van der Waals surface area contributed by atoms with Gasteiger partial charge >= 0.3 is 5.76 Å².